The van der Waals surface area contributed by atoms with Crippen LogP contribution in [-0.2, 0) is 7.05 Å². The van der Waals surface area contributed by atoms with E-state index in [4.69, 9.17) is 16.3 Å². The predicted octanol–water partition coefficient (Wildman–Crippen LogP) is 1.87. The van der Waals surface area contributed by atoms with Crippen molar-refractivity contribution in [2.75, 3.05) is 7.11 Å². The van der Waals surface area contributed by atoms with Crippen molar-refractivity contribution in [3.8, 4) is 5.75 Å². The largest absolute Gasteiger partial charge is 0.495 e. The van der Waals surface area contributed by atoms with Gasteiger partial charge in [0.15, 0.2) is 0 Å². The third kappa shape index (κ3) is 2.07. The molecule has 1 atom stereocenters. The van der Waals surface area contributed by atoms with Crippen LogP contribution in [0.1, 0.15) is 23.1 Å². The Morgan fingerprint density at radius 2 is 2.22 bits per heavy atom. The molecule has 1 unspecified atom stereocenters. The lowest BCUT2D eigenvalue weighted by atomic mass is 10.1. The molecule has 2 heterocycles. The Labute approximate surface area is 110 Å². The highest BCUT2D eigenvalue weighted by molar-refractivity contribution is 6.30. The number of aliphatic hydroxyl groups excluding tert-OH is 1. The van der Waals surface area contributed by atoms with Gasteiger partial charge in [-0.1, -0.05) is 11.6 Å². The molecule has 0 aromatic carbocycles. The third-order valence-electron chi connectivity index (χ3n) is 2.75. The van der Waals surface area contributed by atoms with Gasteiger partial charge in [0.05, 0.1) is 12.8 Å². The van der Waals surface area contributed by atoms with E-state index in [9.17, 15) is 5.11 Å². The normalized spacial score (nSPS) is 12.5. The zero-order valence-electron chi connectivity index (χ0n) is 10.4. The Morgan fingerprint density at radius 1 is 1.50 bits per heavy atom. The number of nitrogens with zero attached hydrogens (tertiary/aromatic N) is 3. The van der Waals surface area contributed by atoms with Gasteiger partial charge in [0.1, 0.15) is 22.7 Å². The van der Waals surface area contributed by atoms with Gasteiger partial charge in [-0.2, -0.15) is 5.10 Å². The molecule has 0 radical (unpaired) electrons. The number of aryl methyl sites for hydroxylation is 2. The number of ether oxygens (including phenoxy) is 1. The van der Waals surface area contributed by atoms with Crippen molar-refractivity contribution in [3.05, 3.63) is 40.4 Å². The summed E-state index contributed by atoms with van der Waals surface area (Å²) in [5.41, 5.74) is 1.65. The summed E-state index contributed by atoms with van der Waals surface area (Å²) in [6.07, 6.45) is 0.642. The standard InChI is InChI=1S/C12H14ClN3O2/c1-7-9(12(13)16(2)15-7)11(17)10-8(18-3)5-4-6-14-10/h4-6,11,17H,1-3H3. The zero-order valence-corrected chi connectivity index (χ0v) is 11.1. The molecule has 0 fully saturated rings. The highest BCUT2D eigenvalue weighted by Crippen LogP contribution is 2.33. The molecule has 2 aromatic rings. The molecule has 5 nitrogen and oxygen atoms in total. The van der Waals surface area contributed by atoms with E-state index in [1.807, 2.05) is 0 Å². The minimum atomic E-state index is -0.956. The molecule has 0 amide bonds. The Morgan fingerprint density at radius 3 is 2.78 bits per heavy atom. The number of aromatic nitrogens is 3. The van der Waals surface area contributed by atoms with Crippen LogP contribution in [0.3, 0.4) is 0 Å². The summed E-state index contributed by atoms with van der Waals surface area (Å²) < 4.78 is 6.70. The van der Waals surface area contributed by atoms with Crippen LogP contribution in [0, 0.1) is 6.92 Å². The molecule has 6 heteroatoms. The zero-order chi connectivity index (χ0) is 13.3. The summed E-state index contributed by atoms with van der Waals surface area (Å²) in [7, 11) is 3.26. The van der Waals surface area contributed by atoms with Crippen LogP contribution in [0.15, 0.2) is 18.3 Å². The molecule has 1 N–H and O–H groups in total. The maximum Gasteiger partial charge on any atom is 0.143 e. The molecular formula is C12H14ClN3O2. The Kier molecular flexibility index (Phi) is 3.54. The fourth-order valence-electron chi connectivity index (χ4n) is 1.87. The van der Waals surface area contributed by atoms with Crippen LogP contribution in [0.2, 0.25) is 5.15 Å². The summed E-state index contributed by atoms with van der Waals surface area (Å²) in [6, 6.07) is 3.48. The van der Waals surface area contributed by atoms with E-state index in [1.165, 1.54) is 11.8 Å². The van der Waals surface area contributed by atoms with Crippen LogP contribution >= 0.6 is 11.6 Å². The van der Waals surface area contributed by atoms with Crippen molar-refractivity contribution in [2.45, 2.75) is 13.0 Å². The smallest absolute Gasteiger partial charge is 0.143 e. The molecule has 0 aliphatic carbocycles. The van der Waals surface area contributed by atoms with Crippen molar-refractivity contribution < 1.29 is 9.84 Å². The second-order valence-electron chi connectivity index (χ2n) is 3.91. The second kappa shape index (κ2) is 4.96. The highest BCUT2D eigenvalue weighted by atomic mass is 35.5. The lowest BCUT2D eigenvalue weighted by Gasteiger charge is -2.13. The summed E-state index contributed by atoms with van der Waals surface area (Å²) in [5, 5.41) is 15.0. The number of pyridine rings is 1. The molecule has 2 rings (SSSR count). The Bertz CT molecular complexity index is 568. The number of halogens is 1. The van der Waals surface area contributed by atoms with Crippen molar-refractivity contribution in [1.82, 2.24) is 14.8 Å². The first-order chi connectivity index (χ1) is 8.56. The summed E-state index contributed by atoms with van der Waals surface area (Å²) in [5.74, 6) is 0.518. The quantitative estimate of drug-likeness (QED) is 0.922. The first-order valence-corrected chi connectivity index (χ1v) is 5.80. The van der Waals surface area contributed by atoms with Crippen LogP contribution in [-0.4, -0.2) is 27.0 Å². The maximum atomic E-state index is 10.4. The number of hydrogen-bond donors (Lipinski definition) is 1. The Hall–Kier alpha value is -1.59. The number of methoxy groups -OCH3 is 1. The Balaban J connectivity index is 2.51. The van der Waals surface area contributed by atoms with Gasteiger partial charge in [-0.3, -0.25) is 9.67 Å². The molecule has 96 valence electrons. The minimum Gasteiger partial charge on any atom is -0.495 e. The second-order valence-corrected chi connectivity index (χ2v) is 4.26. The molecule has 18 heavy (non-hydrogen) atoms. The SMILES string of the molecule is COc1cccnc1C(O)c1c(C)nn(C)c1Cl. The fourth-order valence-corrected chi connectivity index (χ4v) is 2.15. The first kappa shape index (κ1) is 12.9. The van der Waals surface area contributed by atoms with E-state index in [0.717, 1.165) is 0 Å². The molecule has 0 spiro atoms. The van der Waals surface area contributed by atoms with E-state index in [1.54, 1.807) is 32.3 Å². The molecule has 0 bridgehead atoms. The average Bonchev–Trinajstić information content (AvgIpc) is 2.62. The van der Waals surface area contributed by atoms with Crippen LogP contribution < -0.4 is 4.74 Å². The molecule has 0 aliphatic rings. The van der Waals surface area contributed by atoms with E-state index >= 15 is 0 Å². The maximum absolute atomic E-state index is 10.4. The van der Waals surface area contributed by atoms with E-state index in [-0.39, 0.29) is 0 Å². The highest BCUT2D eigenvalue weighted by Gasteiger charge is 2.24. The van der Waals surface area contributed by atoms with Gasteiger partial charge in [0.2, 0.25) is 0 Å². The third-order valence-corrected chi connectivity index (χ3v) is 3.20. The number of aliphatic hydroxyl groups is 1. The van der Waals surface area contributed by atoms with Crippen molar-refractivity contribution in [3.63, 3.8) is 0 Å². The first-order valence-electron chi connectivity index (χ1n) is 5.42. The minimum absolute atomic E-state index is 0.396. The topological polar surface area (TPSA) is 60.2 Å². The van der Waals surface area contributed by atoms with E-state index in [0.29, 0.717) is 27.9 Å². The summed E-state index contributed by atoms with van der Waals surface area (Å²) in [6.45, 7) is 1.79. The van der Waals surface area contributed by atoms with Crippen LogP contribution in [0.25, 0.3) is 0 Å². The van der Waals surface area contributed by atoms with Gasteiger partial charge < -0.3 is 9.84 Å². The van der Waals surface area contributed by atoms with E-state index < -0.39 is 6.10 Å². The number of hydrogen-bond acceptors (Lipinski definition) is 4. The van der Waals surface area contributed by atoms with Crippen LogP contribution in [0.4, 0.5) is 0 Å². The van der Waals surface area contributed by atoms with Gasteiger partial charge in [-0.05, 0) is 19.1 Å². The molecule has 0 saturated carbocycles. The molecular weight excluding hydrogens is 254 g/mol. The van der Waals surface area contributed by atoms with Crippen molar-refractivity contribution in [1.29, 1.82) is 0 Å². The van der Waals surface area contributed by atoms with Gasteiger partial charge in [-0.25, -0.2) is 0 Å². The molecule has 0 aliphatic heterocycles. The summed E-state index contributed by atoms with van der Waals surface area (Å²) in [4.78, 5) is 4.15. The lowest BCUT2D eigenvalue weighted by Crippen LogP contribution is -2.06. The molecule has 0 saturated heterocycles. The van der Waals surface area contributed by atoms with Crippen molar-refractivity contribution >= 4 is 11.6 Å². The van der Waals surface area contributed by atoms with Gasteiger partial charge in [0, 0.05) is 18.8 Å². The monoisotopic (exact) mass is 267 g/mol. The molecule has 2 aromatic heterocycles. The van der Waals surface area contributed by atoms with Gasteiger partial charge >= 0.3 is 0 Å². The predicted molar refractivity (Wildman–Crippen MR) is 67.8 cm³/mol. The lowest BCUT2D eigenvalue weighted by molar-refractivity contribution is 0.208. The van der Waals surface area contributed by atoms with Gasteiger partial charge in [-0.15, -0.1) is 0 Å². The summed E-state index contributed by atoms with van der Waals surface area (Å²) >= 11 is 6.13. The van der Waals surface area contributed by atoms with E-state index in [2.05, 4.69) is 10.1 Å². The average molecular weight is 268 g/mol. The fraction of sp³-hybridized carbons (Fsp3) is 0.333. The van der Waals surface area contributed by atoms with Crippen LogP contribution in [0.5, 0.6) is 5.75 Å². The van der Waals surface area contributed by atoms with Gasteiger partial charge in [0.25, 0.3) is 0 Å². The van der Waals surface area contributed by atoms with Crippen molar-refractivity contribution in [2.24, 2.45) is 7.05 Å². The number of rotatable bonds is 3.